The van der Waals surface area contributed by atoms with E-state index in [-0.39, 0.29) is 0 Å². The van der Waals surface area contributed by atoms with E-state index in [4.69, 9.17) is 10.1 Å². The molecule has 0 bridgehead atoms. The molecule has 1 aliphatic rings. The Morgan fingerprint density at radius 1 is 1.18 bits per heavy atom. The summed E-state index contributed by atoms with van der Waals surface area (Å²) in [6.07, 6.45) is 3.95. The van der Waals surface area contributed by atoms with E-state index in [1.165, 1.54) is 5.69 Å². The van der Waals surface area contributed by atoms with E-state index in [0.717, 1.165) is 43.1 Å². The Bertz CT molecular complexity index is 771. The second-order valence-electron chi connectivity index (χ2n) is 5.71. The topological polar surface area (TPSA) is 48.5 Å². The first-order valence-corrected chi connectivity index (χ1v) is 7.86. The van der Waals surface area contributed by atoms with Crippen LogP contribution in [0.15, 0.2) is 42.6 Å². The number of hydrogen-bond acceptors (Lipinski definition) is 3. The summed E-state index contributed by atoms with van der Waals surface area (Å²) >= 11 is 0. The van der Waals surface area contributed by atoms with Crippen LogP contribution in [0.1, 0.15) is 30.8 Å². The van der Waals surface area contributed by atoms with E-state index in [9.17, 15) is 0 Å². The average Bonchev–Trinajstić information content (AvgIpc) is 3.21. The molecule has 0 spiro atoms. The highest BCUT2D eigenvalue weighted by Gasteiger charge is 2.25. The van der Waals surface area contributed by atoms with Crippen LogP contribution in [-0.2, 0) is 19.5 Å². The van der Waals surface area contributed by atoms with Crippen molar-refractivity contribution < 1.29 is 0 Å². The first kappa shape index (κ1) is 13.2. The molecule has 0 N–H and O–H groups in total. The van der Waals surface area contributed by atoms with Crippen LogP contribution in [-0.4, -0.2) is 24.5 Å². The molecule has 4 rings (SSSR count). The van der Waals surface area contributed by atoms with Gasteiger partial charge in [-0.15, -0.1) is 0 Å². The molecule has 3 aromatic rings. The van der Waals surface area contributed by atoms with Gasteiger partial charge in [-0.2, -0.15) is 10.2 Å². The van der Waals surface area contributed by atoms with Crippen LogP contribution in [0.3, 0.4) is 0 Å². The second-order valence-corrected chi connectivity index (χ2v) is 5.71. The maximum atomic E-state index is 4.85. The Hall–Kier alpha value is -2.43. The summed E-state index contributed by atoms with van der Waals surface area (Å²) in [6, 6.07) is 12.3. The van der Waals surface area contributed by atoms with Gasteiger partial charge in [-0.1, -0.05) is 30.3 Å². The van der Waals surface area contributed by atoms with Crippen LogP contribution in [0, 0.1) is 0 Å². The highest BCUT2D eigenvalue weighted by molar-refractivity contribution is 5.54. The average molecular weight is 293 g/mol. The van der Waals surface area contributed by atoms with E-state index in [1.54, 1.807) is 0 Å². The zero-order chi connectivity index (χ0) is 14.9. The molecule has 1 aliphatic heterocycles. The molecule has 112 valence electrons. The van der Waals surface area contributed by atoms with E-state index >= 15 is 0 Å². The van der Waals surface area contributed by atoms with Gasteiger partial charge in [0.25, 0.3) is 0 Å². The molecule has 0 saturated carbocycles. The number of nitrogens with zero attached hydrogens (tertiary/aromatic N) is 5. The summed E-state index contributed by atoms with van der Waals surface area (Å²) in [7, 11) is 0. The van der Waals surface area contributed by atoms with E-state index < -0.39 is 0 Å². The van der Waals surface area contributed by atoms with Gasteiger partial charge < -0.3 is 0 Å². The molecule has 0 amide bonds. The van der Waals surface area contributed by atoms with Gasteiger partial charge in [0, 0.05) is 36.5 Å². The van der Waals surface area contributed by atoms with Crippen molar-refractivity contribution in [3.05, 3.63) is 54.1 Å². The minimum Gasteiger partial charge on any atom is -0.270 e. The van der Waals surface area contributed by atoms with Gasteiger partial charge in [-0.25, -0.2) is 9.67 Å². The number of aromatic nitrogens is 5. The van der Waals surface area contributed by atoms with Crippen LogP contribution in [0.5, 0.6) is 0 Å². The summed E-state index contributed by atoms with van der Waals surface area (Å²) in [5.74, 6) is 2.36. The minimum atomic E-state index is 0.425. The molecule has 1 aromatic carbocycles. The predicted molar refractivity (Wildman–Crippen MR) is 84.4 cm³/mol. The molecule has 1 unspecified atom stereocenters. The quantitative estimate of drug-likeness (QED) is 0.746. The third-order valence-corrected chi connectivity index (χ3v) is 4.35. The minimum absolute atomic E-state index is 0.425. The van der Waals surface area contributed by atoms with Crippen molar-refractivity contribution >= 4 is 0 Å². The lowest BCUT2D eigenvalue weighted by molar-refractivity contribution is 0.412. The SMILES string of the molecule is CCn1nc(-c2ccccc2)nc1C1CCn2nccc2C1. The van der Waals surface area contributed by atoms with Gasteiger partial charge in [0.2, 0.25) is 0 Å². The second kappa shape index (κ2) is 5.40. The zero-order valence-corrected chi connectivity index (χ0v) is 12.7. The zero-order valence-electron chi connectivity index (χ0n) is 12.7. The van der Waals surface area contributed by atoms with Gasteiger partial charge in [-0.05, 0) is 25.8 Å². The third kappa shape index (κ3) is 2.22. The Morgan fingerprint density at radius 2 is 2.05 bits per heavy atom. The Labute approximate surface area is 129 Å². The molecule has 5 heteroatoms. The van der Waals surface area contributed by atoms with Gasteiger partial charge in [0.1, 0.15) is 5.82 Å². The first-order valence-electron chi connectivity index (χ1n) is 7.86. The molecule has 0 fully saturated rings. The smallest absolute Gasteiger partial charge is 0.181 e. The fourth-order valence-electron chi connectivity index (χ4n) is 3.19. The molecule has 2 aromatic heterocycles. The maximum Gasteiger partial charge on any atom is 0.181 e. The summed E-state index contributed by atoms with van der Waals surface area (Å²) in [4.78, 5) is 4.85. The third-order valence-electron chi connectivity index (χ3n) is 4.35. The van der Waals surface area contributed by atoms with Crippen molar-refractivity contribution in [1.29, 1.82) is 0 Å². The predicted octanol–water partition coefficient (Wildman–Crippen LogP) is 2.89. The summed E-state index contributed by atoms with van der Waals surface area (Å²) < 4.78 is 4.15. The van der Waals surface area contributed by atoms with Crippen molar-refractivity contribution in [2.45, 2.75) is 38.8 Å². The van der Waals surface area contributed by atoms with Crippen LogP contribution >= 0.6 is 0 Å². The van der Waals surface area contributed by atoms with Crippen LogP contribution < -0.4 is 0 Å². The van der Waals surface area contributed by atoms with Crippen molar-refractivity contribution in [3.8, 4) is 11.4 Å². The standard InChI is InChI=1S/C17H19N5/c1-2-21-17(14-9-11-22-15(12-14)8-10-18-22)19-16(20-21)13-6-4-3-5-7-13/h3-8,10,14H,2,9,11-12H2,1H3. The first-order chi connectivity index (χ1) is 10.8. The van der Waals surface area contributed by atoms with E-state index in [1.807, 2.05) is 24.4 Å². The largest absolute Gasteiger partial charge is 0.270 e. The highest BCUT2D eigenvalue weighted by atomic mass is 15.4. The fraction of sp³-hybridized carbons (Fsp3) is 0.353. The van der Waals surface area contributed by atoms with Gasteiger partial charge in [0.05, 0.1) is 0 Å². The van der Waals surface area contributed by atoms with Gasteiger partial charge in [-0.3, -0.25) is 4.68 Å². The molecule has 0 saturated heterocycles. The molecule has 22 heavy (non-hydrogen) atoms. The lowest BCUT2D eigenvalue weighted by Gasteiger charge is -2.22. The van der Waals surface area contributed by atoms with Crippen molar-refractivity contribution in [2.75, 3.05) is 0 Å². The Balaban J connectivity index is 1.69. The summed E-state index contributed by atoms with van der Waals surface area (Å²) in [6.45, 7) is 3.94. The number of hydrogen-bond donors (Lipinski definition) is 0. The van der Waals surface area contributed by atoms with Gasteiger partial charge >= 0.3 is 0 Å². The molecule has 0 radical (unpaired) electrons. The number of benzene rings is 1. The fourth-order valence-corrected chi connectivity index (χ4v) is 3.19. The van der Waals surface area contributed by atoms with E-state index in [2.05, 4.69) is 39.6 Å². The molecule has 0 aliphatic carbocycles. The molecular formula is C17H19N5. The number of fused-ring (bicyclic) bond motifs is 1. The monoisotopic (exact) mass is 293 g/mol. The van der Waals surface area contributed by atoms with E-state index in [0.29, 0.717) is 5.92 Å². The molecule has 5 nitrogen and oxygen atoms in total. The highest BCUT2D eigenvalue weighted by Crippen LogP contribution is 2.29. The van der Waals surface area contributed by atoms with Gasteiger partial charge in [0.15, 0.2) is 5.82 Å². The van der Waals surface area contributed by atoms with Crippen LogP contribution in [0.2, 0.25) is 0 Å². The maximum absolute atomic E-state index is 4.85. The normalized spacial score (nSPS) is 17.4. The molecule has 3 heterocycles. The number of aryl methyl sites for hydroxylation is 2. The van der Waals surface area contributed by atoms with Crippen molar-refractivity contribution in [2.24, 2.45) is 0 Å². The lowest BCUT2D eigenvalue weighted by Crippen LogP contribution is -2.21. The van der Waals surface area contributed by atoms with Crippen LogP contribution in [0.25, 0.3) is 11.4 Å². The molecular weight excluding hydrogens is 274 g/mol. The Morgan fingerprint density at radius 3 is 2.86 bits per heavy atom. The Kier molecular flexibility index (Phi) is 3.25. The van der Waals surface area contributed by atoms with Crippen molar-refractivity contribution in [3.63, 3.8) is 0 Å². The lowest BCUT2D eigenvalue weighted by atomic mass is 9.95. The van der Waals surface area contributed by atoms with Crippen LogP contribution in [0.4, 0.5) is 0 Å². The summed E-state index contributed by atoms with van der Waals surface area (Å²) in [5, 5.41) is 9.05. The molecule has 1 atom stereocenters. The summed E-state index contributed by atoms with van der Waals surface area (Å²) in [5.41, 5.74) is 2.37. The van der Waals surface area contributed by atoms with Crippen molar-refractivity contribution in [1.82, 2.24) is 24.5 Å². The number of rotatable bonds is 3.